The Morgan fingerprint density at radius 3 is 2.22 bits per heavy atom. The number of imide groups is 1. The first-order valence-corrected chi connectivity index (χ1v) is 7.35. The summed E-state index contributed by atoms with van der Waals surface area (Å²) >= 11 is 0. The minimum atomic E-state index is -0.682. The first kappa shape index (κ1) is 17.0. The summed E-state index contributed by atoms with van der Waals surface area (Å²) in [5.74, 6) is -0.601. The van der Waals surface area contributed by atoms with Crippen molar-refractivity contribution < 1.29 is 24.0 Å². The lowest BCUT2D eigenvalue weighted by molar-refractivity contribution is -0.00938. The molecule has 7 nitrogen and oxygen atoms in total. The van der Waals surface area contributed by atoms with E-state index in [0.29, 0.717) is 17.5 Å². The SMILES string of the molecule is CC(C)(C)OC(=O)NOCCCN1C(=O)c2ccccc2C1=O. The van der Waals surface area contributed by atoms with E-state index in [9.17, 15) is 14.4 Å². The highest BCUT2D eigenvalue weighted by Crippen LogP contribution is 2.22. The Morgan fingerprint density at radius 1 is 1.13 bits per heavy atom. The van der Waals surface area contributed by atoms with Crippen molar-refractivity contribution in [3.05, 3.63) is 35.4 Å². The van der Waals surface area contributed by atoms with Crippen LogP contribution in [0.4, 0.5) is 4.79 Å². The van der Waals surface area contributed by atoms with Gasteiger partial charge in [0.15, 0.2) is 0 Å². The lowest BCUT2D eigenvalue weighted by atomic mass is 10.1. The molecule has 0 unspecified atom stereocenters. The van der Waals surface area contributed by atoms with Gasteiger partial charge in [-0.1, -0.05) is 12.1 Å². The summed E-state index contributed by atoms with van der Waals surface area (Å²) in [5.41, 5.74) is 2.39. The molecule has 1 aliphatic rings. The van der Waals surface area contributed by atoms with Crippen molar-refractivity contribution in [1.29, 1.82) is 0 Å². The monoisotopic (exact) mass is 320 g/mol. The third-order valence-electron chi connectivity index (χ3n) is 3.06. The van der Waals surface area contributed by atoms with Crippen molar-refractivity contribution >= 4 is 17.9 Å². The molecule has 3 amide bonds. The lowest BCUT2D eigenvalue weighted by Gasteiger charge is -2.19. The van der Waals surface area contributed by atoms with E-state index in [1.165, 1.54) is 4.90 Å². The zero-order chi connectivity index (χ0) is 17.0. The second-order valence-electron chi connectivity index (χ2n) is 6.11. The fourth-order valence-electron chi connectivity index (χ4n) is 2.15. The Labute approximate surface area is 134 Å². The second-order valence-corrected chi connectivity index (χ2v) is 6.11. The molecule has 0 aliphatic carbocycles. The van der Waals surface area contributed by atoms with E-state index in [1.54, 1.807) is 45.0 Å². The van der Waals surface area contributed by atoms with Crippen LogP contribution in [0.25, 0.3) is 0 Å². The van der Waals surface area contributed by atoms with Crippen LogP contribution in [0.2, 0.25) is 0 Å². The predicted molar refractivity (Wildman–Crippen MR) is 81.7 cm³/mol. The summed E-state index contributed by atoms with van der Waals surface area (Å²) < 4.78 is 5.00. The number of amides is 3. The average molecular weight is 320 g/mol. The largest absolute Gasteiger partial charge is 0.442 e. The van der Waals surface area contributed by atoms with E-state index in [1.807, 2.05) is 0 Å². The average Bonchev–Trinajstić information content (AvgIpc) is 2.70. The molecule has 0 atom stereocenters. The van der Waals surface area contributed by atoms with Crippen LogP contribution in [0.3, 0.4) is 0 Å². The number of hydrogen-bond donors (Lipinski definition) is 1. The number of hydrogen-bond acceptors (Lipinski definition) is 5. The van der Waals surface area contributed by atoms with Gasteiger partial charge >= 0.3 is 6.09 Å². The lowest BCUT2D eigenvalue weighted by Crippen LogP contribution is -2.34. The van der Waals surface area contributed by atoms with Gasteiger partial charge in [-0.2, -0.15) is 5.48 Å². The van der Waals surface area contributed by atoms with Crippen LogP contribution < -0.4 is 5.48 Å². The van der Waals surface area contributed by atoms with Gasteiger partial charge in [-0.3, -0.25) is 19.3 Å². The molecule has 2 rings (SSSR count). The van der Waals surface area contributed by atoms with E-state index in [4.69, 9.17) is 9.57 Å². The molecule has 0 saturated heterocycles. The Kier molecular flexibility index (Phi) is 5.00. The molecule has 1 heterocycles. The van der Waals surface area contributed by atoms with Crippen LogP contribution in [0.1, 0.15) is 47.9 Å². The fourth-order valence-corrected chi connectivity index (χ4v) is 2.15. The van der Waals surface area contributed by atoms with Crippen molar-refractivity contribution in [3.63, 3.8) is 0 Å². The van der Waals surface area contributed by atoms with Gasteiger partial charge in [0.25, 0.3) is 11.8 Å². The zero-order valence-corrected chi connectivity index (χ0v) is 13.4. The topological polar surface area (TPSA) is 84.9 Å². The van der Waals surface area contributed by atoms with Gasteiger partial charge in [-0.05, 0) is 39.3 Å². The van der Waals surface area contributed by atoms with Crippen LogP contribution in [0.15, 0.2) is 24.3 Å². The molecule has 0 radical (unpaired) electrons. The van der Waals surface area contributed by atoms with E-state index >= 15 is 0 Å². The highest BCUT2D eigenvalue weighted by molar-refractivity contribution is 6.21. The molecule has 0 aromatic heterocycles. The van der Waals surface area contributed by atoms with Gasteiger partial charge in [0.1, 0.15) is 5.60 Å². The fraction of sp³-hybridized carbons (Fsp3) is 0.438. The van der Waals surface area contributed by atoms with Crippen molar-refractivity contribution in [2.75, 3.05) is 13.2 Å². The van der Waals surface area contributed by atoms with Gasteiger partial charge in [0.2, 0.25) is 0 Å². The van der Waals surface area contributed by atoms with Crippen molar-refractivity contribution in [2.24, 2.45) is 0 Å². The Morgan fingerprint density at radius 2 is 1.70 bits per heavy atom. The maximum Gasteiger partial charge on any atom is 0.431 e. The molecule has 1 aromatic carbocycles. The number of nitrogens with one attached hydrogen (secondary N) is 1. The normalized spacial score (nSPS) is 14.0. The molecule has 0 spiro atoms. The maximum atomic E-state index is 12.1. The molecule has 0 bridgehead atoms. The third-order valence-corrected chi connectivity index (χ3v) is 3.06. The van der Waals surface area contributed by atoms with Crippen LogP contribution in [0, 0.1) is 0 Å². The van der Waals surface area contributed by atoms with Gasteiger partial charge in [-0.25, -0.2) is 4.79 Å². The molecular weight excluding hydrogens is 300 g/mol. The summed E-state index contributed by atoms with van der Waals surface area (Å²) in [7, 11) is 0. The van der Waals surface area contributed by atoms with Crippen LogP contribution in [-0.4, -0.2) is 41.6 Å². The number of benzene rings is 1. The summed E-state index contributed by atoms with van der Waals surface area (Å²) in [6.45, 7) is 5.62. The molecule has 1 aromatic rings. The summed E-state index contributed by atoms with van der Waals surface area (Å²) in [5, 5.41) is 0. The number of hydroxylamine groups is 1. The number of fused-ring (bicyclic) bond motifs is 1. The number of carbonyl (C=O) groups excluding carboxylic acids is 3. The molecule has 1 aliphatic heterocycles. The second kappa shape index (κ2) is 6.78. The van der Waals surface area contributed by atoms with E-state index in [0.717, 1.165) is 0 Å². The third kappa shape index (κ3) is 4.29. The van der Waals surface area contributed by atoms with Crippen LogP contribution in [-0.2, 0) is 9.57 Å². The van der Waals surface area contributed by atoms with Gasteiger partial charge in [0, 0.05) is 6.54 Å². The molecule has 7 heteroatoms. The summed E-state index contributed by atoms with van der Waals surface area (Å²) in [6, 6.07) is 6.72. The van der Waals surface area contributed by atoms with Crippen LogP contribution >= 0.6 is 0 Å². The Hall–Kier alpha value is -2.41. The Balaban J connectivity index is 1.73. The molecule has 124 valence electrons. The molecule has 23 heavy (non-hydrogen) atoms. The van der Waals surface area contributed by atoms with Gasteiger partial charge in [-0.15, -0.1) is 0 Å². The highest BCUT2D eigenvalue weighted by atomic mass is 16.7. The molecular formula is C16H20N2O5. The standard InChI is InChI=1S/C16H20N2O5/c1-16(2,3)23-15(21)17-22-10-6-9-18-13(19)11-7-4-5-8-12(11)14(18)20/h4-5,7-8H,6,9-10H2,1-3H3,(H,17,21). The van der Waals surface area contributed by atoms with E-state index in [-0.39, 0.29) is 25.0 Å². The highest BCUT2D eigenvalue weighted by Gasteiger charge is 2.34. The summed E-state index contributed by atoms with van der Waals surface area (Å²) in [4.78, 5) is 41.7. The first-order valence-electron chi connectivity index (χ1n) is 7.35. The smallest absolute Gasteiger partial charge is 0.431 e. The number of rotatable bonds is 5. The molecule has 0 fully saturated rings. The van der Waals surface area contributed by atoms with Crippen molar-refractivity contribution in [2.45, 2.75) is 32.8 Å². The molecule has 0 saturated carbocycles. The van der Waals surface area contributed by atoms with E-state index < -0.39 is 11.7 Å². The number of nitrogens with zero attached hydrogens (tertiary/aromatic N) is 1. The first-order chi connectivity index (χ1) is 10.8. The van der Waals surface area contributed by atoms with E-state index in [2.05, 4.69) is 5.48 Å². The minimum Gasteiger partial charge on any atom is -0.442 e. The van der Waals surface area contributed by atoms with Crippen LogP contribution in [0.5, 0.6) is 0 Å². The van der Waals surface area contributed by atoms with Crippen molar-refractivity contribution in [1.82, 2.24) is 10.4 Å². The quantitative estimate of drug-likeness (QED) is 0.510. The minimum absolute atomic E-state index is 0.159. The predicted octanol–water partition coefficient (Wildman–Crippen LogP) is 2.13. The summed E-state index contributed by atoms with van der Waals surface area (Å²) in [6.07, 6.45) is -0.278. The van der Waals surface area contributed by atoms with Crippen molar-refractivity contribution in [3.8, 4) is 0 Å². The van der Waals surface area contributed by atoms with Gasteiger partial charge < -0.3 is 4.74 Å². The maximum absolute atomic E-state index is 12.1. The Bertz CT molecular complexity index is 586. The molecule has 1 N–H and O–H groups in total. The number of carbonyl (C=O) groups is 3. The zero-order valence-electron chi connectivity index (χ0n) is 13.4. The number of ether oxygens (including phenoxy) is 1. The van der Waals surface area contributed by atoms with Gasteiger partial charge in [0.05, 0.1) is 17.7 Å².